The fourth-order valence-electron chi connectivity index (χ4n) is 2.09. The molecule has 0 amide bonds. The van der Waals surface area contributed by atoms with Crippen LogP contribution in [-0.4, -0.2) is 48.9 Å². The average molecular weight is 281 g/mol. The van der Waals surface area contributed by atoms with Crippen LogP contribution < -0.4 is 15.8 Å². The molecule has 1 unspecified atom stereocenters. The Hall–Kier alpha value is -1.46. The van der Waals surface area contributed by atoms with Crippen LogP contribution in [0.2, 0.25) is 0 Å². The first kappa shape index (κ1) is 16.6. The Morgan fingerprint density at radius 1 is 1.35 bits per heavy atom. The summed E-state index contributed by atoms with van der Waals surface area (Å²) in [7, 11) is 3.87. The monoisotopic (exact) mass is 281 g/mol. The normalized spacial score (nSPS) is 14.4. The second-order valence-corrected chi connectivity index (χ2v) is 6.05. The molecule has 0 fully saturated rings. The Balaban J connectivity index is 2.70. The smallest absolute Gasteiger partial charge is 0.123 e. The van der Waals surface area contributed by atoms with Crippen LogP contribution in [-0.2, 0) is 0 Å². The summed E-state index contributed by atoms with van der Waals surface area (Å²) in [4.78, 5) is 1.95. The zero-order valence-corrected chi connectivity index (χ0v) is 13.1. The van der Waals surface area contributed by atoms with Gasteiger partial charge in [-0.25, -0.2) is 0 Å². The lowest BCUT2D eigenvalue weighted by Gasteiger charge is -2.27. The summed E-state index contributed by atoms with van der Waals surface area (Å²) in [6.07, 6.45) is 0.0986. The van der Waals surface area contributed by atoms with Crippen molar-refractivity contribution in [2.24, 2.45) is 0 Å². The van der Waals surface area contributed by atoms with Crippen LogP contribution in [0.5, 0.6) is 5.75 Å². The summed E-state index contributed by atoms with van der Waals surface area (Å²) in [6, 6.07) is 5.52. The topological polar surface area (TPSA) is 70.8 Å². The van der Waals surface area contributed by atoms with Gasteiger partial charge in [0.15, 0.2) is 0 Å². The van der Waals surface area contributed by atoms with Gasteiger partial charge in [-0.1, -0.05) is 0 Å². The molecule has 114 valence electrons. The zero-order chi connectivity index (χ0) is 15.3. The van der Waals surface area contributed by atoms with Gasteiger partial charge in [-0.3, -0.25) is 0 Å². The van der Waals surface area contributed by atoms with Crippen LogP contribution in [0.15, 0.2) is 18.2 Å². The molecule has 4 N–H and O–H groups in total. The average Bonchev–Trinajstić information content (AvgIpc) is 2.23. The molecule has 0 saturated carbocycles. The fraction of sp³-hybridized carbons (Fsp3) is 0.600. The van der Waals surface area contributed by atoms with E-state index in [1.807, 2.05) is 45.0 Å². The van der Waals surface area contributed by atoms with E-state index in [2.05, 4.69) is 5.32 Å². The van der Waals surface area contributed by atoms with Gasteiger partial charge in [0.2, 0.25) is 0 Å². The van der Waals surface area contributed by atoms with E-state index in [1.54, 1.807) is 13.0 Å². The molecular formula is C15H27N3O2. The number of rotatable bonds is 7. The second kappa shape index (κ2) is 6.81. The van der Waals surface area contributed by atoms with Crippen LogP contribution in [0.25, 0.3) is 0 Å². The number of aliphatic hydroxyl groups is 1. The molecule has 0 aliphatic carbocycles. The van der Waals surface area contributed by atoms with Crippen molar-refractivity contribution in [3.63, 3.8) is 0 Å². The summed E-state index contributed by atoms with van der Waals surface area (Å²) in [5, 5.41) is 13.5. The van der Waals surface area contributed by atoms with Gasteiger partial charge < -0.3 is 25.8 Å². The Morgan fingerprint density at radius 2 is 2.00 bits per heavy atom. The highest BCUT2D eigenvalue weighted by Gasteiger charge is 2.21. The molecule has 20 heavy (non-hydrogen) atoms. The first-order valence-electron chi connectivity index (χ1n) is 6.86. The summed E-state index contributed by atoms with van der Waals surface area (Å²) in [5.41, 5.74) is 6.54. The highest BCUT2D eigenvalue weighted by Crippen LogP contribution is 2.24. The van der Waals surface area contributed by atoms with Crippen molar-refractivity contribution in [1.29, 1.82) is 0 Å². The predicted octanol–water partition coefficient (Wildman–Crippen LogP) is 1.78. The molecular weight excluding hydrogens is 254 g/mol. The fourth-order valence-corrected chi connectivity index (χ4v) is 2.09. The van der Waals surface area contributed by atoms with Crippen molar-refractivity contribution in [3.05, 3.63) is 18.2 Å². The standard InChI is InChI=1S/C15H27N3O2/c1-11(2)20-14-7-12(16)6-13(8-14)17-9-15(3,19)10-18(4)5/h6-8,11,17,19H,9-10,16H2,1-5H3. The largest absolute Gasteiger partial charge is 0.491 e. The van der Waals surface area contributed by atoms with Gasteiger partial charge in [0, 0.05) is 36.6 Å². The van der Waals surface area contributed by atoms with Gasteiger partial charge in [0.1, 0.15) is 5.75 Å². The van der Waals surface area contributed by atoms with Gasteiger partial charge in [-0.2, -0.15) is 0 Å². The van der Waals surface area contributed by atoms with Crippen molar-refractivity contribution < 1.29 is 9.84 Å². The van der Waals surface area contributed by atoms with Crippen LogP contribution in [0.4, 0.5) is 11.4 Å². The van der Waals surface area contributed by atoms with Crippen molar-refractivity contribution >= 4 is 11.4 Å². The van der Waals surface area contributed by atoms with E-state index in [-0.39, 0.29) is 6.10 Å². The molecule has 1 aromatic carbocycles. The summed E-state index contributed by atoms with van der Waals surface area (Å²) < 4.78 is 5.64. The highest BCUT2D eigenvalue weighted by atomic mass is 16.5. The maximum atomic E-state index is 10.3. The Kier molecular flexibility index (Phi) is 5.65. The minimum Gasteiger partial charge on any atom is -0.491 e. The van der Waals surface area contributed by atoms with E-state index in [4.69, 9.17) is 10.5 Å². The zero-order valence-electron chi connectivity index (χ0n) is 13.1. The van der Waals surface area contributed by atoms with Crippen molar-refractivity contribution in [1.82, 2.24) is 4.90 Å². The minimum absolute atomic E-state index is 0.0986. The highest BCUT2D eigenvalue weighted by molar-refractivity contribution is 5.59. The first-order chi connectivity index (χ1) is 9.18. The number of benzene rings is 1. The quantitative estimate of drug-likeness (QED) is 0.665. The summed E-state index contributed by atoms with van der Waals surface area (Å²) in [5.74, 6) is 0.731. The van der Waals surface area contributed by atoms with Crippen molar-refractivity contribution in [3.8, 4) is 5.75 Å². The predicted molar refractivity (Wildman–Crippen MR) is 84.3 cm³/mol. The third-order valence-corrected chi connectivity index (χ3v) is 2.63. The Labute approximate surface area is 121 Å². The third-order valence-electron chi connectivity index (χ3n) is 2.63. The maximum Gasteiger partial charge on any atom is 0.123 e. The van der Waals surface area contributed by atoms with Gasteiger partial charge >= 0.3 is 0 Å². The molecule has 0 aromatic heterocycles. The molecule has 0 heterocycles. The minimum atomic E-state index is -0.812. The van der Waals surface area contributed by atoms with Crippen LogP contribution in [0.1, 0.15) is 20.8 Å². The number of hydrogen-bond donors (Lipinski definition) is 3. The SMILES string of the molecule is CC(C)Oc1cc(N)cc(NCC(C)(O)CN(C)C)c1. The lowest BCUT2D eigenvalue weighted by Crippen LogP contribution is -2.43. The van der Waals surface area contributed by atoms with Crippen molar-refractivity contribution in [2.75, 3.05) is 38.2 Å². The summed E-state index contributed by atoms with van der Waals surface area (Å²) in [6.45, 7) is 6.77. The van der Waals surface area contributed by atoms with E-state index in [0.717, 1.165) is 11.4 Å². The molecule has 1 rings (SSSR count). The van der Waals surface area contributed by atoms with Crippen LogP contribution in [0, 0.1) is 0 Å². The van der Waals surface area contributed by atoms with E-state index < -0.39 is 5.60 Å². The molecule has 5 nitrogen and oxygen atoms in total. The van der Waals surface area contributed by atoms with E-state index in [1.165, 1.54) is 0 Å². The number of nitrogen functional groups attached to an aromatic ring is 1. The number of hydrogen-bond acceptors (Lipinski definition) is 5. The molecule has 0 spiro atoms. The molecule has 5 heteroatoms. The first-order valence-corrected chi connectivity index (χ1v) is 6.86. The molecule has 0 aliphatic heterocycles. The Bertz CT molecular complexity index is 431. The molecule has 0 saturated heterocycles. The lowest BCUT2D eigenvalue weighted by molar-refractivity contribution is 0.0460. The van der Waals surface area contributed by atoms with Gasteiger partial charge in [0.05, 0.1) is 11.7 Å². The van der Waals surface area contributed by atoms with Crippen LogP contribution in [0.3, 0.4) is 0 Å². The number of likely N-dealkylation sites (N-methyl/N-ethyl adjacent to an activating group) is 1. The Morgan fingerprint density at radius 3 is 2.55 bits per heavy atom. The van der Waals surface area contributed by atoms with E-state index >= 15 is 0 Å². The maximum absolute atomic E-state index is 10.3. The van der Waals surface area contributed by atoms with E-state index in [9.17, 15) is 5.11 Å². The number of nitrogens with zero attached hydrogens (tertiary/aromatic N) is 1. The molecule has 1 atom stereocenters. The van der Waals surface area contributed by atoms with Gasteiger partial charge in [-0.05, 0) is 40.9 Å². The number of anilines is 2. The van der Waals surface area contributed by atoms with E-state index in [0.29, 0.717) is 18.8 Å². The third kappa shape index (κ3) is 6.12. The molecule has 0 radical (unpaired) electrons. The second-order valence-electron chi connectivity index (χ2n) is 6.05. The molecule has 0 bridgehead atoms. The summed E-state index contributed by atoms with van der Waals surface area (Å²) >= 11 is 0. The number of nitrogens with two attached hydrogens (primary N) is 1. The van der Waals surface area contributed by atoms with Gasteiger partial charge in [0.25, 0.3) is 0 Å². The van der Waals surface area contributed by atoms with Gasteiger partial charge in [-0.15, -0.1) is 0 Å². The van der Waals surface area contributed by atoms with Crippen LogP contribution >= 0.6 is 0 Å². The number of nitrogens with one attached hydrogen (secondary N) is 1. The lowest BCUT2D eigenvalue weighted by atomic mass is 10.1. The number of ether oxygens (including phenoxy) is 1. The van der Waals surface area contributed by atoms with Crippen molar-refractivity contribution in [2.45, 2.75) is 32.5 Å². The molecule has 1 aromatic rings. The molecule has 0 aliphatic rings.